The van der Waals surface area contributed by atoms with E-state index in [-0.39, 0.29) is 5.56 Å². The molecule has 0 N–H and O–H groups in total. The molecule has 7 nitrogen and oxygen atoms in total. The number of hydrogen-bond acceptors (Lipinski definition) is 7. The van der Waals surface area contributed by atoms with Crippen molar-refractivity contribution >= 4 is 22.7 Å². The number of benzene rings is 2. The molecule has 0 spiro atoms. The number of thioether (sulfide) groups is 1. The summed E-state index contributed by atoms with van der Waals surface area (Å²) in [6.45, 7) is 6.27. The van der Waals surface area contributed by atoms with Crippen LogP contribution in [0.2, 0.25) is 0 Å². The summed E-state index contributed by atoms with van der Waals surface area (Å²) in [6, 6.07) is 19.2. The zero-order valence-electron chi connectivity index (χ0n) is 19.1. The summed E-state index contributed by atoms with van der Waals surface area (Å²) < 4.78 is 7.02. The Morgan fingerprint density at radius 2 is 1.79 bits per heavy atom. The maximum absolute atomic E-state index is 13.3. The molecule has 3 aromatic heterocycles. The second-order valence-corrected chi connectivity index (χ2v) is 9.27. The highest BCUT2D eigenvalue weighted by atomic mass is 32.2. The maximum atomic E-state index is 13.3. The van der Waals surface area contributed by atoms with Gasteiger partial charge < -0.3 is 4.52 Å². The van der Waals surface area contributed by atoms with Crippen molar-refractivity contribution in [3.8, 4) is 17.2 Å². The van der Waals surface area contributed by atoms with Crippen LogP contribution in [0, 0.1) is 6.92 Å². The summed E-state index contributed by atoms with van der Waals surface area (Å²) in [6.07, 6.45) is 1.74. The van der Waals surface area contributed by atoms with Crippen LogP contribution in [-0.2, 0) is 5.75 Å². The fraction of sp³-hybridized carbons (Fsp3) is 0.192. The number of hydrogen-bond donors (Lipinski definition) is 0. The van der Waals surface area contributed by atoms with Crippen molar-refractivity contribution in [1.29, 1.82) is 0 Å². The molecule has 0 atom stereocenters. The Balaban J connectivity index is 1.46. The largest absolute Gasteiger partial charge is 0.338 e. The molecule has 0 bridgehead atoms. The monoisotopic (exact) mass is 469 g/mol. The minimum atomic E-state index is -0.166. The van der Waals surface area contributed by atoms with E-state index in [2.05, 4.69) is 41.1 Å². The van der Waals surface area contributed by atoms with Crippen molar-refractivity contribution in [2.45, 2.75) is 37.6 Å². The molecule has 3 heterocycles. The molecule has 5 rings (SSSR count). The highest BCUT2D eigenvalue weighted by Gasteiger charge is 2.16. The van der Waals surface area contributed by atoms with Crippen LogP contribution in [0.15, 0.2) is 81.3 Å². The van der Waals surface area contributed by atoms with Gasteiger partial charge >= 0.3 is 0 Å². The molecular weight excluding hydrogens is 446 g/mol. The van der Waals surface area contributed by atoms with E-state index in [0.29, 0.717) is 45.3 Å². The van der Waals surface area contributed by atoms with Crippen LogP contribution in [0.1, 0.15) is 36.8 Å². The topological polar surface area (TPSA) is 86.7 Å². The third-order valence-corrected chi connectivity index (χ3v) is 6.42. The SMILES string of the molecule is Cc1ccc(-n2c(SCc3nc(-c4ccc(C(C)C)cc4)no3)nc3ccccc3c2=O)nc1. The number of aromatic nitrogens is 5. The van der Waals surface area contributed by atoms with E-state index in [9.17, 15) is 4.79 Å². The van der Waals surface area contributed by atoms with Gasteiger partial charge in [0.15, 0.2) is 5.16 Å². The van der Waals surface area contributed by atoms with E-state index in [4.69, 9.17) is 9.51 Å². The molecule has 0 amide bonds. The van der Waals surface area contributed by atoms with Crippen molar-refractivity contribution in [3.63, 3.8) is 0 Å². The Bertz CT molecular complexity index is 1510. The van der Waals surface area contributed by atoms with E-state index in [0.717, 1.165) is 11.1 Å². The molecule has 2 aromatic carbocycles. The van der Waals surface area contributed by atoms with E-state index in [1.54, 1.807) is 12.3 Å². The van der Waals surface area contributed by atoms with Gasteiger partial charge in [0, 0.05) is 11.8 Å². The molecule has 0 fully saturated rings. The first-order valence-electron chi connectivity index (χ1n) is 11.0. The Kier molecular flexibility index (Phi) is 5.98. The molecule has 0 saturated heterocycles. The Morgan fingerprint density at radius 1 is 1.00 bits per heavy atom. The van der Waals surface area contributed by atoms with Gasteiger partial charge in [0.25, 0.3) is 5.56 Å². The van der Waals surface area contributed by atoms with Crippen LogP contribution < -0.4 is 5.56 Å². The zero-order valence-corrected chi connectivity index (χ0v) is 19.9. The first kappa shape index (κ1) is 22.0. The number of rotatable bonds is 6. The second-order valence-electron chi connectivity index (χ2n) is 8.32. The number of nitrogens with zero attached hydrogens (tertiary/aromatic N) is 5. The Hall–Kier alpha value is -3.78. The summed E-state index contributed by atoms with van der Waals surface area (Å²) in [4.78, 5) is 27.1. The lowest BCUT2D eigenvalue weighted by Crippen LogP contribution is -2.22. The number of para-hydroxylation sites is 1. The predicted octanol–water partition coefficient (Wildman–Crippen LogP) is 5.55. The molecule has 34 heavy (non-hydrogen) atoms. The van der Waals surface area contributed by atoms with E-state index in [1.807, 2.05) is 49.4 Å². The highest BCUT2D eigenvalue weighted by Crippen LogP contribution is 2.25. The molecule has 0 radical (unpaired) electrons. The molecule has 170 valence electrons. The van der Waals surface area contributed by atoms with Crippen molar-refractivity contribution in [2.24, 2.45) is 0 Å². The summed E-state index contributed by atoms with van der Waals surface area (Å²) in [5.41, 5.74) is 3.64. The lowest BCUT2D eigenvalue weighted by Gasteiger charge is -2.12. The van der Waals surface area contributed by atoms with E-state index in [1.165, 1.54) is 21.9 Å². The third-order valence-electron chi connectivity index (χ3n) is 5.50. The second kappa shape index (κ2) is 9.23. The van der Waals surface area contributed by atoms with Gasteiger partial charge in [-0.2, -0.15) is 4.98 Å². The lowest BCUT2D eigenvalue weighted by molar-refractivity contribution is 0.391. The van der Waals surface area contributed by atoms with Gasteiger partial charge in [-0.15, -0.1) is 0 Å². The van der Waals surface area contributed by atoms with Gasteiger partial charge in [-0.1, -0.05) is 73.2 Å². The fourth-order valence-electron chi connectivity index (χ4n) is 3.58. The lowest BCUT2D eigenvalue weighted by atomic mass is 10.0. The summed E-state index contributed by atoms with van der Waals surface area (Å²) >= 11 is 1.36. The molecule has 8 heteroatoms. The molecule has 0 unspecified atom stereocenters. The predicted molar refractivity (Wildman–Crippen MR) is 133 cm³/mol. The van der Waals surface area contributed by atoms with Gasteiger partial charge in [-0.3, -0.25) is 4.79 Å². The van der Waals surface area contributed by atoms with Crippen molar-refractivity contribution in [2.75, 3.05) is 0 Å². The van der Waals surface area contributed by atoms with Crippen LogP contribution in [0.5, 0.6) is 0 Å². The van der Waals surface area contributed by atoms with Crippen molar-refractivity contribution < 1.29 is 4.52 Å². The number of pyridine rings is 1. The zero-order chi connectivity index (χ0) is 23.7. The molecule has 0 saturated carbocycles. The molecular formula is C26H23N5O2S. The van der Waals surface area contributed by atoms with E-state index >= 15 is 0 Å². The standard InChI is InChI=1S/C26H23N5O2S/c1-16(2)18-9-11-19(12-10-18)24-29-23(33-30-24)15-34-26-28-21-7-5-4-6-20(21)25(32)31(26)22-13-8-17(3)14-27-22/h4-14,16H,15H2,1-3H3. The van der Waals surface area contributed by atoms with Crippen LogP contribution in [0.4, 0.5) is 0 Å². The van der Waals surface area contributed by atoms with Crippen LogP contribution in [0.3, 0.4) is 0 Å². The quantitative estimate of drug-likeness (QED) is 0.238. The molecule has 0 aliphatic carbocycles. The summed E-state index contributed by atoms with van der Waals surface area (Å²) in [7, 11) is 0. The number of aryl methyl sites for hydroxylation is 1. The van der Waals surface area contributed by atoms with Gasteiger partial charge in [-0.05, 0) is 42.2 Å². The fourth-order valence-corrected chi connectivity index (χ4v) is 4.42. The average molecular weight is 470 g/mol. The molecule has 0 aliphatic rings. The van der Waals surface area contributed by atoms with Crippen LogP contribution in [-0.4, -0.2) is 24.7 Å². The maximum Gasteiger partial charge on any atom is 0.267 e. The van der Waals surface area contributed by atoms with Gasteiger partial charge in [0.05, 0.1) is 16.7 Å². The van der Waals surface area contributed by atoms with Gasteiger partial charge in [0.1, 0.15) is 5.82 Å². The van der Waals surface area contributed by atoms with Gasteiger partial charge in [0.2, 0.25) is 11.7 Å². The average Bonchev–Trinajstić information content (AvgIpc) is 3.33. The minimum absolute atomic E-state index is 0.166. The number of fused-ring (bicyclic) bond motifs is 1. The van der Waals surface area contributed by atoms with Crippen molar-refractivity contribution in [1.82, 2.24) is 24.7 Å². The first-order chi connectivity index (χ1) is 16.5. The highest BCUT2D eigenvalue weighted by molar-refractivity contribution is 7.98. The van der Waals surface area contributed by atoms with E-state index < -0.39 is 0 Å². The summed E-state index contributed by atoms with van der Waals surface area (Å²) in [5, 5.41) is 5.19. The third kappa shape index (κ3) is 4.36. The normalized spacial score (nSPS) is 11.4. The molecule has 5 aromatic rings. The smallest absolute Gasteiger partial charge is 0.267 e. The Morgan fingerprint density at radius 3 is 2.53 bits per heavy atom. The van der Waals surface area contributed by atoms with Crippen LogP contribution in [0.25, 0.3) is 28.1 Å². The van der Waals surface area contributed by atoms with Gasteiger partial charge in [-0.25, -0.2) is 14.5 Å². The first-order valence-corrected chi connectivity index (χ1v) is 12.0. The van der Waals surface area contributed by atoms with Crippen molar-refractivity contribution in [3.05, 3.63) is 94.2 Å². The summed E-state index contributed by atoms with van der Waals surface area (Å²) in [5.74, 6) is 2.34. The Labute approximate surface area is 200 Å². The molecule has 0 aliphatic heterocycles. The minimum Gasteiger partial charge on any atom is -0.338 e. The van der Waals surface area contributed by atoms with Crippen LogP contribution >= 0.6 is 11.8 Å².